The molecule has 120 valence electrons. The number of aryl methyl sites for hydroxylation is 1. The Balaban J connectivity index is 1.80. The van der Waals surface area contributed by atoms with Gasteiger partial charge in [-0.1, -0.05) is 12.1 Å². The third-order valence-corrected chi connectivity index (χ3v) is 3.36. The van der Waals surface area contributed by atoms with E-state index in [2.05, 4.69) is 15.5 Å². The van der Waals surface area contributed by atoms with Gasteiger partial charge in [-0.3, -0.25) is 9.59 Å². The highest BCUT2D eigenvalue weighted by Gasteiger charge is 2.13. The molecule has 0 radical (unpaired) electrons. The number of rotatable bonds is 4. The van der Waals surface area contributed by atoms with Crippen molar-refractivity contribution < 1.29 is 14.0 Å². The van der Waals surface area contributed by atoms with Crippen LogP contribution in [0.2, 0.25) is 0 Å². The molecule has 0 aliphatic heterocycles. The van der Waals surface area contributed by atoms with E-state index in [4.69, 9.17) is 10.2 Å². The molecule has 7 nitrogen and oxygen atoms in total. The van der Waals surface area contributed by atoms with Gasteiger partial charge in [0.1, 0.15) is 0 Å². The number of nitrogens with zero attached hydrogens (tertiary/aromatic N) is 2. The number of benzene rings is 2. The molecule has 1 aromatic heterocycles. The highest BCUT2D eigenvalue weighted by molar-refractivity contribution is 6.08. The Labute approximate surface area is 137 Å². The van der Waals surface area contributed by atoms with Gasteiger partial charge in [0.2, 0.25) is 11.8 Å². The minimum atomic E-state index is -0.604. The smallest absolute Gasteiger partial charge is 0.255 e. The first-order valence-electron chi connectivity index (χ1n) is 7.15. The zero-order valence-corrected chi connectivity index (χ0v) is 12.8. The molecule has 3 N–H and O–H groups in total. The van der Waals surface area contributed by atoms with Crippen LogP contribution in [0.3, 0.4) is 0 Å². The van der Waals surface area contributed by atoms with E-state index in [9.17, 15) is 9.59 Å². The first kappa shape index (κ1) is 15.4. The van der Waals surface area contributed by atoms with Crippen molar-refractivity contribution in [1.29, 1.82) is 0 Å². The highest BCUT2D eigenvalue weighted by Crippen LogP contribution is 2.20. The van der Waals surface area contributed by atoms with Gasteiger partial charge in [0.05, 0.1) is 11.3 Å². The number of amides is 2. The third-order valence-electron chi connectivity index (χ3n) is 3.36. The van der Waals surface area contributed by atoms with E-state index < -0.39 is 5.91 Å². The van der Waals surface area contributed by atoms with Gasteiger partial charge in [-0.25, -0.2) is 0 Å². The maximum absolute atomic E-state index is 12.3. The van der Waals surface area contributed by atoms with Crippen LogP contribution < -0.4 is 11.1 Å². The van der Waals surface area contributed by atoms with E-state index in [0.717, 1.165) is 0 Å². The van der Waals surface area contributed by atoms with E-state index in [1.54, 1.807) is 55.5 Å². The summed E-state index contributed by atoms with van der Waals surface area (Å²) in [6.07, 6.45) is 0. The largest absolute Gasteiger partial charge is 0.421 e. The minimum Gasteiger partial charge on any atom is -0.421 e. The molecule has 0 bridgehead atoms. The standard InChI is InChI=1S/C17H14N4O3/c1-10-20-21-17(24-10)12-8-6-11(7-9-12)16(23)19-14-5-3-2-4-13(14)15(18)22/h2-9H,1H3,(H2,18,22)(H,19,23). The second kappa shape index (κ2) is 6.33. The lowest BCUT2D eigenvalue weighted by atomic mass is 10.1. The molecule has 0 aliphatic rings. The molecule has 0 spiro atoms. The molecular weight excluding hydrogens is 308 g/mol. The van der Waals surface area contributed by atoms with Crippen LogP contribution in [0.15, 0.2) is 52.9 Å². The fourth-order valence-electron chi connectivity index (χ4n) is 2.18. The summed E-state index contributed by atoms with van der Waals surface area (Å²) in [6.45, 7) is 1.70. The van der Waals surface area contributed by atoms with Gasteiger partial charge in [0, 0.05) is 18.1 Å². The van der Waals surface area contributed by atoms with Crippen LogP contribution in [0, 0.1) is 6.92 Å². The van der Waals surface area contributed by atoms with Crippen LogP contribution in [-0.2, 0) is 0 Å². The van der Waals surface area contributed by atoms with Gasteiger partial charge in [-0.15, -0.1) is 10.2 Å². The molecular formula is C17H14N4O3. The number of hydrogen-bond donors (Lipinski definition) is 2. The minimum absolute atomic E-state index is 0.254. The third kappa shape index (κ3) is 3.14. The van der Waals surface area contributed by atoms with Crippen molar-refractivity contribution in [3.63, 3.8) is 0 Å². The number of carbonyl (C=O) groups excluding carboxylic acids is 2. The van der Waals surface area contributed by atoms with Gasteiger partial charge in [-0.05, 0) is 36.4 Å². The van der Waals surface area contributed by atoms with E-state index in [0.29, 0.717) is 28.6 Å². The summed E-state index contributed by atoms with van der Waals surface area (Å²) in [4.78, 5) is 23.7. The van der Waals surface area contributed by atoms with Crippen molar-refractivity contribution in [2.75, 3.05) is 5.32 Å². The van der Waals surface area contributed by atoms with Crippen molar-refractivity contribution >= 4 is 17.5 Å². The summed E-state index contributed by atoms with van der Waals surface area (Å²) in [7, 11) is 0. The summed E-state index contributed by atoms with van der Waals surface area (Å²) < 4.78 is 5.33. The molecule has 3 aromatic rings. The molecule has 0 atom stereocenters. The SMILES string of the molecule is Cc1nnc(-c2ccc(C(=O)Nc3ccccc3C(N)=O)cc2)o1. The summed E-state index contributed by atoms with van der Waals surface area (Å²) in [5.74, 6) is -0.0987. The Kier molecular flexibility index (Phi) is 4.07. The van der Waals surface area contributed by atoms with Crippen LogP contribution in [0.25, 0.3) is 11.5 Å². The molecule has 0 unspecified atom stereocenters. The summed E-state index contributed by atoms with van der Waals surface area (Å²) in [5.41, 5.74) is 7.06. The van der Waals surface area contributed by atoms with Crippen molar-refractivity contribution in [3.8, 4) is 11.5 Å². The summed E-state index contributed by atoms with van der Waals surface area (Å²) in [6, 6.07) is 13.3. The zero-order valence-electron chi connectivity index (χ0n) is 12.8. The number of primary amides is 1. The maximum atomic E-state index is 12.3. The number of carbonyl (C=O) groups is 2. The van der Waals surface area contributed by atoms with Gasteiger partial charge in [0.25, 0.3) is 11.8 Å². The Bertz CT molecular complexity index is 900. The molecule has 1 heterocycles. The van der Waals surface area contributed by atoms with Crippen LogP contribution in [0.4, 0.5) is 5.69 Å². The average molecular weight is 322 g/mol. The number of para-hydroxylation sites is 1. The van der Waals surface area contributed by atoms with E-state index in [1.807, 2.05) is 0 Å². The Morgan fingerprint density at radius 2 is 1.75 bits per heavy atom. The number of nitrogens with two attached hydrogens (primary N) is 1. The van der Waals surface area contributed by atoms with Crippen molar-refractivity contribution in [2.45, 2.75) is 6.92 Å². The van der Waals surface area contributed by atoms with Crippen molar-refractivity contribution in [2.24, 2.45) is 5.73 Å². The molecule has 2 amide bonds. The zero-order chi connectivity index (χ0) is 17.1. The van der Waals surface area contributed by atoms with Crippen molar-refractivity contribution in [1.82, 2.24) is 10.2 Å². The number of aromatic nitrogens is 2. The van der Waals surface area contributed by atoms with E-state index in [1.165, 1.54) is 0 Å². The van der Waals surface area contributed by atoms with Crippen LogP contribution >= 0.6 is 0 Å². The quantitative estimate of drug-likeness (QED) is 0.766. The molecule has 2 aromatic carbocycles. The molecule has 24 heavy (non-hydrogen) atoms. The fourth-order valence-corrected chi connectivity index (χ4v) is 2.18. The number of hydrogen-bond acceptors (Lipinski definition) is 5. The van der Waals surface area contributed by atoms with Gasteiger partial charge < -0.3 is 15.5 Å². The summed E-state index contributed by atoms with van der Waals surface area (Å²) in [5, 5.41) is 10.4. The predicted molar refractivity (Wildman–Crippen MR) is 87.4 cm³/mol. The van der Waals surface area contributed by atoms with E-state index >= 15 is 0 Å². The second-order valence-corrected chi connectivity index (χ2v) is 5.07. The normalized spacial score (nSPS) is 10.4. The van der Waals surface area contributed by atoms with Crippen LogP contribution in [0.1, 0.15) is 26.6 Å². The molecule has 0 fully saturated rings. The fraction of sp³-hybridized carbons (Fsp3) is 0.0588. The first-order chi connectivity index (χ1) is 11.5. The lowest BCUT2D eigenvalue weighted by Crippen LogP contribution is -2.18. The molecule has 0 saturated heterocycles. The Morgan fingerprint density at radius 1 is 1.04 bits per heavy atom. The monoisotopic (exact) mass is 322 g/mol. The average Bonchev–Trinajstić information content (AvgIpc) is 3.02. The number of nitrogens with one attached hydrogen (secondary N) is 1. The van der Waals surface area contributed by atoms with Crippen molar-refractivity contribution in [3.05, 3.63) is 65.5 Å². The molecule has 0 aliphatic carbocycles. The lowest BCUT2D eigenvalue weighted by molar-refractivity contribution is 0.100. The predicted octanol–water partition coefficient (Wildman–Crippen LogP) is 2.40. The second-order valence-electron chi connectivity index (χ2n) is 5.07. The first-order valence-corrected chi connectivity index (χ1v) is 7.15. The molecule has 0 saturated carbocycles. The molecule has 3 rings (SSSR count). The van der Waals surface area contributed by atoms with Gasteiger partial charge in [-0.2, -0.15) is 0 Å². The van der Waals surface area contributed by atoms with Gasteiger partial charge in [0.15, 0.2) is 0 Å². The lowest BCUT2D eigenvalue weighted by Gasteiger charge is -2.09. The van der Waals surface area contributed by atoms with Gasteiger partial charge >= 0.3 is 0 Å². The summed E-state index contributed by atoms with van der Waals surface area (Å²) >= 11 is 0. The Morgan fingerprint density at radius 3 is 2.38 bits per heavy atom. The topological polar surface area (TPSA) is 111 Å². The highest BCUT2D eigenvalue weighted by atomic mass is 16.4. The van der Waals surface area contributed by atoms with Crippen LogP contribution in [-0.4, -0.2) is 22.0 Å². The number of anilines is 1. The maximum Gasteiger partial charge on any atom is 0.255 e. The van der Waals surface area contributed by atoms with Crippen LogP contribution in [0.5, 0.6) is 0 Å². The Hall–Kier alpha value is -3.48. The van der Waals surface area contributed by atoms with E-state index in [-0.39, 0.29) is 11.5 Å². The molecule has 7 heteroatoms.